The highest BCUT2D eigenvalue weighted by atomic mass is 16.5. The number of pyridine rings is 1. The molecule has 0 saturated carbocycles. The highest BCUT2D eigenvalue weighted by Crippen LogP contribution is 2.45. The third-order valence-corrected chi connectivity index (χ3v) is 15.1. The standard InChI is InChI=1S/C66H76N4O/c1-61(2,3)46-27-30-57-56(38-46)55-29-28-53(41-58(55)70(57)60-39-47(31-32-67-60)65(13,14)44-23-19-17-20-24-44)71-54-37-50(66(15,16)45-25-21-18-22-26-45)36-51(40-54)68-42-59(64(10,11)12)69(43-68)52-34-48(62(4,5)6)33-49(35-52)63(7,8)9/h17-42H,43H2,1-16H3. The molecule has 8 aromatic rings. The third-order valence-electron chi connectivity index (χ3n) is 15.1. The monoisotopic (exact) mass is 941 g/mol. The van der Waals surface area contributed by atoms with Crippen molar-refractivity contribution in [3.8, 4) is 17.3 Å². The molecule has 0 bridgehead atoms. The minimum atomic E-state index is -0.320. The van der Waals surface area contributed by atoms with Crippen LogP contribution in [0.15, 0.2) is 164 Å². The van der Waals surface area contributed by atoms with Crippen LogP contribution in [0.25, 0.3) is 27.6 Å². The Morgan fingerprint density at radius 1 is 0.408 bits per heavy atom. The van der Waals surface area contributed by atoms with E-state index in [9.17, 15) is 0 Å². The van der Waals surface area contributed by atoms with Gasteiger partial charge >= 0.3 is 0 Å². The van der Waals surface area contributed by atoms with Crippen LogP contribution in [0.5, 0.6) is 11.5 Å². The Kier molecular flexibility index (Phi) is 12.3. The van der Waals surface area contributed by atoms with Crippen LogP contribution in [0, 0.1) is 5.41 Å². The summed E-state index contributed by atoms with van der Waals surface area (Å²) in [6.45, 7) is 37.6. The van der Waals surface area contributed by atoms with Crippen LogP contribution in [0.2, 0.25) is 0 Å². The fourth-order valence-corrected chi connectivity index (χ4v) is 10.2. The van der Waals surface area contributed by atoms with Crippen LogP contribution in [0.4, 0.5) is 11.4 Å². The summed E-state index contributed by atoms with van der Waals surface area (Å²) in [6, 6.07) is 53.6. The number of rotatable bonds is 9. The molecule has 0 unspecified atom stereocenters. The number of nitrogens with zero attached hydrogens (tertiary/aromatic N) is 4. The molecule has 6 aromatic carbocycles. The number of hydrogen-bond acceptors (Lipinski definition) is 4. The van der Waals surface area contributed by atoms with E-state index in [4.69, 9.17) is 9.72 Å². The summed E-state index contributed by atoms with van der Waals surface area (Å²) in [5.74, 6) is 2.43. The molecule has 0 amide bonds. The quantitative estimate of drug-likeness (QED) is 0.144. The van der Waals surface area contributed by atoms with Crippen molar-refractivity contribution in [2.75, 3.05) is 16.5 Å². The molecule has 9 rings (SSSR count). The van der Waals surface area contributed by atoms with E-state index >= 15 is 0 Å². The zero-order valence-corrected chi connectivity index (χ0v) is 45.4. The summed E-state index contributed by atoms with van der Waals surface area (Å²) in [7, 11) is 0. The molecule has 366 valence electrons. The second-order valence-electron chi connectivity index (χ2n) is 25.3. The zero-order chi connectivity index (χ0) is 51.1. The summed E-state index contributed by atoms with van der Waals surface area (Å²) < 4.78 is 9.50. The molecule has 2 aromatic heterocycles. The summed E-state index contributed by atoms with van der Waals surface area (Å²) in [5.41, 5.74) is 13.9. The Bertz CT molecular complexity index is 3260. The molecule has 0 radical (unpaired) electrons. The van der Waals surface area contributed by atoms with Crippen molar-refractivity contribution in [3.05, 3.63) is 203 Å². The van der Waals surface area contributed by atoms with Gasteiger partial charge in [0.25, 0.3) is 0 Å². The van der Waals surface area contributed by atoms with Gasteiger partial charge in [-0.2, -0.15) is 0 Å². The van der Waals surface area contributed by atoms with E-state index in [1.807, 2.05) is 6.20 Å². The molecule has 0 saturated heterocycles. The van der Waals surface area contributed by atoms with Gasteiger partial charge in [-0.15, -0.1) is 0 Å². The minimum absolute atomic E-state index is 0.00278. The van der Waals surface area contributed by atoms with E-state index in [2.05, 4.69) is 277 Å². The summed E-state index contributed by atoms with van der Waals surface area (Å²) in [6.07, 6.45) is 4.33. The van der Waals surface area contributed by atoms with Gasteiger partial charge < -0.3 is 14.5 Å². The van der Waals surface area contributed by atoms with Crippen LogP contribution >= 0.6 is 0 Å². The van der Waals surface area contributed by atoms with Crippen molar-refractivity contribution in [1.29, 1.82) is 0 Å². The predicted octanol–water partition coefficient (Wildman–Crippen LogP) is 17.7. The van der Waals surface area contributed by atoms with Crippen LogP contribution < -0.4 is 14.5 Å². The normalized spacial score (nSPS) is 14.2. The van der Waals surface area contributed by atoms with Crippen molar-refractivity contribution in [2.45, 2.75) is 138 Å². The van der Waals surface area contributed by atoms with Gasteiger partial charge in [0.15, 0.2) is 0 Å². The maximum atomic E-state index is 7.18. The lowest BCUT2D eigenvalue weighted by Gasteiger charge is -2.34. The molecule has 0 N–H and O–H groups in total. The van der Waals surface area contributed by atoms with Crippen molar-refractivity contribution in [1.82, 2.24) is 9.55 Å². The Morgan fingerprint density at radius 2 is 0.986 bits per heavy atom. The first-order valence-electron chi connectivity index (χ1n) is 25.6. The predicted molar refractivity (Wildman–Crippen MR) is 302 cm³/mol. The van der Waals surface area contributed by atoms with E-state index in [0.29, 0.717) is 6.67 Å². The van der Waals surface area contributed by atoms with E-state index in [0.717, 1.165) is 39.4 Å². The lowest BCUT2D eigenvalue weighted by Crippen LogP contribution is -2.31. The molecule has 0 aliphatic carbocycles. The zero-order valence-electron chi connectivity index (χ0n) is 45.4. The molecule has 1 aliphatic heterocycles. The van der Waals surface area contributed by atoms with Crippen molar-refractivity contribution < 1.29 is 4.74 Å². The minimum Gasteiger partial charge on any atom is -0.457 e. The molecular weight excluding hydrogens is 865 g/mol. The van der Waals surface area contributed by atoms with E-state index < -0.39 is 0 Å². The number of ether oxygens (including phenoxy) is 1. The molecule has 0 spiro atoms. The summed E-state index contributed by atoms with van der Waals surface area (Å²) in [4.78, 5) is 10.0. The van der Waals surface area contributed by atoms with Gasteiger partial charge in [-0.1, -0.05) is 184 Å². The first-order chi connectivity index (χ1) is 33.2. The first kappa shape index (κ1) is 49.4. The SMILES string of the molecule is CC(C)(C)C1=CN(c2cc(Oc3ccc4c5cc(C(C)(C)C)ccc5n(-c5cc(C(C)(C)c6ccccc6)ccn5)c4c3)cc(C(C)(C)c3ccccc3)c2)CN1c1cc(C(C)(C)C)cc(C(C)(C)C)c1. The van der Waals surface area contributed by atoms with Crippen molar-refractivity contribution >= 4 is 33.2 Å². The van der Waals surface area contributed by atoms with Gasteiger partial charge in [0.2, 0.25) is 0 Å². The smallest absolute Gasteiger partial charge is 0.137 e. The number of benzene rings is 6. The van der Waals surface area contributed by atoms with Gasteiger partial charge in [-0.05, 0) is 116 Å². The topological polar surface area (TPSA) is 33.5 Å². The van der Waals surface area contributed by atoms with Gasteiger partial charge in [0, 0.05) is 68.6 Å². The lowest BCUT2D eigenvalue weighted by molar-refractivity contribution is 0.480. The van der Waals surface area contributed by atoms with E-state index in [1.54, 1.807) is 0 Å². The molecule has 3 heterocycles. The van der Waals surface area contributed by atoms with Gasteiger partial charge in [0.05, 0.1) is 17.7 Å². The molecule has 5 heteroatoms. The highest BCUT2D eigenvalue weighted by molar-refractivity contribution is 6.09. The Balaban J connectivity index is 1.18. The van der Waals surface area contributed by atoms with Crippen LogP contribution in [0.3, 0.4) is 0 Å². The average Bonchev–Trinajstić information content (AvgIpc) is 3.92. The maximum absolute atomic E-state index is 7.18. The molecular formula is C66H76N4O. The summed E-state index contributed by atoms with van der Waals surface area (Å²) in [5, 5.41) is 2.36. The second kappa shape index (κ2) is 17.6. The largest absolute Gasteiger partial charge is 0.457 e. The molecule has 71 heavy (non-hydrogen) atoms. The lowest BCUT2D eigenvalue weighted by atomic mass is 9.78. The molecule has 1 aliphatic rings. The van der Waals surface area contributed by atoms with Gasteiger partial charge in [0.1, 0.15) is 17.3 Å². The number of fused-ring (bicyclic) bond motifs is 3. The first-order valence-corrected chi connectivity index (χ1v) is 25.6. The third kappa shape index (κ3) is 9.65. The van der Waals surface area contributed by atoms with Crippen LogP contribution in [-0.2, 0) is 27.1 Å². The second-order valence-corrected chi connectivity index (χ2v) is 25.3. The van der Waals surface area contributed by atoms with E-state index in [-0.39, 0.29) is 32.5 Å². The van der Waals surface area contributed by atoms with Crippen LogP contribution in [-0.4, -0.2) is 16.2 Å². The van der Waals surface area contributed by atoms with Crippen molar-refractivity contribution in [2.24, 2.45) is 5.41 Å². The van der Waals surface area contributed by atoms with Gasteiger partial charge in [-0.25, -0.2) is 4.98 Å². The Labute approximate surface area is 425 Å². The average molecular weight is 941 g/mol. The van der Waals surface area contributed by atoms with Crippen LogP contribution in [0.1, 0.15) is 150 Å². The number of allylic oxidation sites excluding steroid dienone is 1. The highest BCUT2D eigenvalue weighted by Gasteiger charge is 2.34. The molecule has 0 fully saturated rings. The Hall–Kier alpha value is -6.59. The number of anilines is 2. The molecule has 0 atom stereocenters. The maximum Gasteiger partial charge on any atom is 0.137 e. The Morgan fingerprint density at radius 3 is 1.56 bits per heavy atom. The molecule has 5 nitrogen and oxygen atoms in total. The summed E-state index contributed by atoms with van der Waals surface area (Å²) >= 11 is 0. The number of aromatic nitrogens is 2. The van der Waals surface area contributed by atoms with Crippen molar-refractivity contribution in [3.63, 3.8) is 0 Å². The fraction of sp³-hybridized carbons (Fsp3) is 0.348. The fourth-order valence-electron chi connectivity index (χ4n) is 10.2. The number of hydrogen-bond donors (Lipinski definition) is 0. The van der Waals surface area contributed by atoms with E-state index in [1.165, 1.54) is 55.7 Å². The van der Waals surface area contributed by atoms with Gasteiger partial charge in [-0.3, -0.25) is 4.57 Å².